The van der Waals surface area contributed by atoms with E-state index in [0.29, 0.717) is 0 Å². The number of hydrogen-bond acceptors (Lipinski definition) is 3. The second-order valence-electron chi connectivity index (χ2n) is 7.06. The average Bonchev–Trinajstić information content (AvgIpc) is 2.85. The quantitative estimate of drug-likeness (QED) is 0.814. The van der Waals surface area contributed by atoms with Crippen LogP contribution in [0.2, 0.25) is 0 Å². The van der Waals surface area contributed by atoms with Crippen molar-refractivity contribution in [2.75, 3.05) is 0 Å². The fourth-order valence-corrected chi connectivity index (χ4v) is 3.44. The van der Waals surface area contributed by atoms with E-state index < -0.39 is 17.7 Å². The largest absolute Gasteiger partial charge is 0.440 e. The van der Waals surface area contributed by atoms with Crippen molar-refractivity contribution in [2.45, 2.75) is 44.8 Å². The minimum atomic E-state index is -0.760. The molecule has 0 bridgehead atoms. The number of carbonyl (C=O) groups excluding carboxylic acids is 2. The van der Waals surface area contributed by atoms with Gasteiger partial charge >= 0.3 is 6.09 Å². The predicted molar refractivity (Wildman–Crippen MR) is 96.1 cm³/mol. The molecule has 1 fully saturated rings. The Kier molecular flexibility index (Phi) is 4.62. The summed E-state index contributed by atoms with van der Waals surface area (Å²) < 4.78 is 5.50. The lowest BCUT2D eigenvalue weighted by molar-refractivity contribution is -0.130. The van der Waals surface area contributed by atoms with Gasteiger partial charge in [-0.05, 0) is 30.9 Å². The first-order valence-corrected chi connectivity index (χ1v) is 8.55. The molecule has 0 N–H and O–H groups in total. The highest BCUT2D eigenvalue weighted by atomic mass is 16.6. The molecule has 0 radical (unpaired) electrons. The first-order valence-electron chi connectivity index (χ1n) is 8.55. The van der Waals surface area contributed by atoms with Crippen molar-refractivity contribution in [1.29, 1.82) is 0 Å². The Morgan fingerprint density at radius 1 is 1.08 bits per heavy atom. The predicted octanol–water partition coefficient (Wildman–Crippen LogP) is 4.68. The van der Waals surface area contributed by atoms with E-state index in [0.717, 1.165) is 11.1 Å². The van der Waals surface area contributed by atoms with E-state index in [1.54, 1.807) is 0 Å². The molecule has 4 heteroatoms. The number of nitrogens with zero attached hydrogens (tertiary/aromatic N) is 1. The fraction of sp³-hybridized carbons (Fsp3) is 0.333. The fourth-order valence-electron chi connectivity index (χ4n) is 3.44. The maximum absolute atomic E-state index is 12.9. The van der Waals surface area contributed by atoms with Gasteiger partial charge in [0.1, 0.15) is 11.6 Å². The molecule has 0 unspecified atom stereocenters. The zero-order valence-corrected chi connectivity index (χ0v) is 14.8. The molecule has 1 aliphatic rings. The normalized spacial score (nSPS) is 20.2. The maximum Gasteiger partial charge on any atom is 0.417 e. The molecule has 4 nitrogen and oxygen atoms in total. The summed E-state index contributed by atoms with van der Waals surface area (Å²) in [4.78, 5) is 26.6. The maximum atomic E-state index is 12.9. The molecule has 0 aliphatic carbocycles. The smallest absolute Gasteiger partial charge is 0.417 e. The minimum Gasteiger partial charge on any atom is -0.440 e. The molecule has 2 atom stereocenters. The first-order chi connectivity index (χ1) is 11.9. The summed E-state index contributed by atoms with van der Waals surface area (Å²) in [6, 6.07) is 19.0. The summed E-state index contributed by atoms with van der Waals surface area (Å²) in [5.74, 6) is -0.178. The van der Waals surface area contributed by atoms with Crippen LogP contribution in [-0.4, -0.2) is 22.5 Å². The Morgan fingerprint density at radius 2 is 1.64 bits per heavy atom. The highest BCUT2D eigenvalue weighted by Gasteiger charge is 2.51. The molecular weight excluding hydrogens is 314 g/mol. The number of rotatable bonds is 4. The molecule has 0 spiro atoms. The van der Waals surface area contributed by atoms with Gasteiger partial charge in [0, 0.05) is 6.42 Å². The Morgan fingerprint density at radius 3 is 2.24 bits per heavy atom. The highest BCUT2D eigenvalue weighted by Crippen LogP contribution is 2.41. The summed E-state index contributed by atoms with van der Waals surface area (Å²) in [7, 11) is 0. The van der Waals surface area contributed by atoms with E-state index in [2.05, 4.69) is 0 Å². The van der Waals surface area contributed by atoms with Crippen LogP contribution in [0.15, 0.2) is 60.7 Å². The van der Waals surface area contributed by atoms with Crippen LogP contribution in [0, 0.1) is 0 Å². The zero-order chi connectivity index (χ0) is 18.0. The van der Waals surface area contributed by atoms with E-state index in [1.807, 2.05) is 81.4 Å². The van der Waals surface area contributed by atoms with Gasteiger partial charge in [0.05, 0.1) is 0 Å². The third-order valence-electron chi connectivity index (χ3n) is 4.70. The number of carbonyl (C=O) groups is 2. The third-order valence-corrected chi connectivity index (χ3v) is 4.70. The molecule has 1 saturated heterocycles. The summed E-state index contributed by atoms with van der Waals surface area (Å²) in [6.45, 7) is 5.68. The number of hydrogen-bond donors (Lipinski definition) is 0. The van der Waals surface area contributed by atoms with Crippen molar-refractivity contribution in [3.05, 3.63) is 71.8 Å². The van der Waals surface area contributed by atoms with E-state index >= 15 is 0 Å². The Hall–Kier alpha value is -2.62. The van der Waals surface area contributed by atoms with Gasteiger partial charge < -0.3 is 4.74 Å². The SMILES string of the molecule is C[C@@H](CC(=O)N1C(=O)OC(C)(C)[C@@H]1c1ccccc1)c1ccccc1. The molecular formula is C21H23NO3. The van der Waals surface area contributed by atoms with Crippen molar-refractivity contribution < 1.29 is 14.3 Å². The molecule has 2 aromatic carbocycles. The van der Waals surface area contributed by atoms with E-state index in [1.165, 1.54) is 4.90 Å². The van der Waals surface area contributed by atoms with Gasteiger partial charge in [0.25, 0.3) is 0 Å². The van der Waals surface area contributed by atoms with Crippen LogP contribution < -0.4 is 0 Å². The van der Waals surface area contributed by atoms with E-state index in [9.17, 15) is 9.59 Å². The lowest BCUT2D eigenvalue weighted by Crippen LogP contribution is -2.38. The van der Waals surface area contributed by atoms with Crippen LogP contribution in [0.4, 0.5) is 4.79 Å². The summed E-state index contributed by atoms with van der Waals surface area (Å²) >= 11 is 0. The van der Waals surface area contributed by atoms with E-state index in [-0.39, 0.29) is 18.2 Å². The van der Waals surface area contributed by atoms with Crippen LogP contribution in [0.25, 0.3) is 0 Å². The van der Waals surface area contributed by atoms with Crippen LogP contribution >= 0.6 is 0 Å². The molecule has 1 aliphatic heterocycles. The van der Waals surface area contributed by atoms with Gasteiger partial charge in [-0.3, -0.25) is 4.79 Å². The Balaban J connectivity index is 1.86. The number of cyclic esters (lactones) is 1. The van der Waals surface area contributed by atoms with Crippen molar-refractivity contribution >= 4 is 12.0 Å². The molecule has 1 heterocycles. The Bertz CT molecular complexity index is 755. The van der Waals surface area contributed by atoms with Gasteiger partial charge in [-0.25, -0.2) is 9.69 Å². The van der Waals surface area contributed by atoms with E-state index in [4.69, 9.17) is 4.74 Å². The topological polar surface area (TPSA) is 46.6 Å². The number of amides is 2. The highest BCUT2D eigenvalue weighted by molar-refractivity contribution is 5.94. The van der Waals surface area contributed by atoms with Crippen molar-refractivity contribution in [3.63, 3.8) is 0 Å². The summed E-state index contributed by atoms with van der Waals surface area (Å²) in [5, 5.41) is 0. The lowest BCUT2D eigenvalue weighted by atomic mass is 9.90. The van der Waals surface area contributed by atoms with Gasteiger partial charge in [0.15, 0.2) is 0 Å². The molecule has 0 aromatic heterocycles. The Labute approximate surface area is 148 Å². The lowest BCUT2D eigenvalue weighted by Gasteiger charge is -2.28. The molecule has 2 amide bonds. The molecule has 130 valence electrons. The molecule has 3 rings (SSSR count). The monoisotopic (exact) mass is 337 g/mol. The van der Waals surface area contributed by atoms with Crippen LogP contribution in [0.5, 0.6) is 0 Å². The molecule has 25 heavy (non-hydrogen) atoms. The average molecular weight is 337 g/mol. The zero-order valence-electron chi connectivity index (χ0n) is 14.8. The first kappa shape index (κ1) is 17.2. The van der Waals surface area contributed by atoms with Crippen molar-refractivity contribution in [2.24, 2.45) is 0 Å². The third kappa shape index (κ3) is 3.43. The van der Waals surface area contributed by atoms with Gasteiger partial charge in [-0.1, -0.05) is 67.6 Å². The number of ether oxygens (including phenoxy) is 1. The van der Waals surface area contributed by atoms with Crippen LogP contribution in [0.1, 0.15) is 50.3 Å². The molecule has 0 saturated carbocycles. The summed E-state index contributed by atoms with van der Waals surface area (Å²) in [5.41, 5.74) is 1.22. The van der Waals surface area contributed by atoms with Gasteiger partial charge in [0.2, 0.25) is 5.91 Å². The second-order valence-corrected chi connectivity index (χ2v) is 7.06. The number of imide groups is 1. The number of benzene rings is 2. The minimum absolute atomic E-state index is 0.0293. The summed E-state index contributed by atoms with van der Waals surface area (Å²) in [6.07, 6.45) is -0.303. The van der Waals surface area contributed by atoms with Crippen LogP contribution in [-0.2, 0) is 9.53 Å². The van der Waals surface area contributed by atoms with Gasteiger partial charge in [-0.15, -0.1) is 0 Å². The van der Waals surface area contributed by atoms with Crippen LogP contribution in [0.3, 0.4) is 0 Å². The van der Waals surface area contributed by atoms with Crippen molar-refractivity contribution in [3.8, 4) is 0 Å². The van der Waals surface area contributed by atoms with Crippen molar-refractivity contribution in [1.82, 2.24) is 4.90 Å². The molecule has 2 aromatic rings. The second kappa shape index (κ2) is 6.71. The standard InChI is InChI=1S/C21H23NO3/c1-15(16-10-6-4-7-11-16)14-18(23)22-19(17-12-8-5-9-13-17)21(2,3)25-20(22)24/h4-13,15,19H,14H2,1-3H3/t15-,19-/m0/s1. The van der Waals surface area contributed by atoms with Gasteiger partial charge in [-0.2, -0.15) is 0 Å².